The lowest BCUT2D eigenvalue weighted by Crippen LogP contribution is -2.58. The fourth-order valence-corrected chi connectivity index (χ4v) is 5.69. The molecule has 1 aromatic carbocycles. The maximum absolute atomic E-state index is 13.4. The van der Waals surface area contributed by atoms with Gasteiger partial charge in [-0.05, 0) is 55.2 Å². The molecule has 1 saturated heterocycles. The standard InChI is InChI=1S/C27H36N4O2S/c1-18-12-19(2)16-31(15-18)27(3,4)17-29-25(32)23(30-26(33)24-10-7-11-34-24)13-20-14-28-22-9-6-5-8-21(20)22/h5-11,14,18-19,23,28H,12-13,15-17H2,1-4H3,(H,29,32)(H,30,33)/t18-,19-,23-/m1/s1. The Balaban J connectivity index is 1.48. The number of para-hydroxylation sites is 1. The number of benzene rings is 1. The molecular weight excluding hydrogens is 444 g/mol. The van der Waals surface area contributed by atoms with Crippen LogP contribution in [0.25, 0.3) is 10.9 Å². The second-order valence-electron chi connectivity index (χ2n) is 10.4. The summed E-state index contributed by atoms with van der Waals surface area (Å²) in [6.45, 7) is 11.6. The topological polar surface area (TPSA) is 77.2 Å². The van der Waals surface area contributed by atoms with Gasteiger partial charge in [0.2, 0.25) is 5.91 Å². The van der Waals surface area contributed by atoms with Gasteiger partial charge in [-0.2, -0.15) is 0 Å². The molecule has 1 aliphatic rings. The third kappa shape index (κ3) is 5.70. The highest BCUT2D eigenvalue weighted by Crippen LogP contribution is 2.27. The van der Waals surface area contributed by atoms with Crippen LogP contribution in [0, 0.1) is 11.8 Å². The number of piperidine rings is 1. The molecule has 34 heavy (non-hydrogen) atoms. The minimum atomic E-state index is -0.663. The zero-order valence-corrected chi connectivity index (χ0v) is 21.4. The van der Waals surface area contributed by atoms with Crippen molar-refractivity contribution in [3.05, 3.63) is 58.4 Å². The van der Waals surface area contributed by atoms with Gasteiger partial charge < -0.3 is 15.6 Å². The molecule has 0 aliphatic carbocycles. The predicted octanol–water partition coefficient (Wildman–Crippen LogP) is 4.44. The Kier molecular flexibility index (Phi) is 7.43. The van der Waals surface area contributed by atoms with E-state index >= 15 is 0 Å². The molecule has 4 rings (SSSR count). The lowest BCUT2D eigenvalue weighted by molar-refractivity contribution is -0.123. The van der Waals surface area contributed by atoms with Crippen molar-refractivity contribution in [2.75, 3.05) is 19.6 Å². The zero-order valence-electron chi connectivity index (χ0n) is 20.6. The van der Waals surface area contributed by atoms with Crippen LogP contribution in [0.3, 0.4) is 0 Å². The Bertz CT molecular complexity index is 1110. The first-order valence-electron chi connectivity index (χ1n) is 12.1. The van der Waals surface area contributed by atoms with Crippen LogP contribution in [-0.4, -0.2) is 52.9 Å². The molecule has 7 heteroatoms. The number of nitrogens with zero attached hydrogens (tertiary/aromatic N) is 1. The summed E-state index contributed by atoms with van der Waals surface area (Å²) >= 11 is 1.38. The third-order valence-corrected chi connectivity index (χ3v) is 7.75. The first-order chi connectivity index (χ1) is 16.2. The van der Waals surface area contributed by atoms with Gasteiger partial charge in [-0.1, -0.05) is 38.1 Å². The summed E-state index contributed by atoms with van der Waals surface area (Å²) in [7, 11) is 0. The molecule has 0 spiro atoms. The molecule has 3 N–H and O–H groups in total. The minimum absolute atomic E-state index is 0.152. The molecule has 0 radical (unpaired) electrons. The van der Waals surface area contributed by atoms with Crippen LogP contribution in [0.4, 0.5) is 0 Å². The summed E-state index contributed by atoms with van der Waals surface area (Å²) in [6.07, 6.45) is 3.61. The van der Waals surface area contributed by atoms with Crippen LogP contribution < -0.4 is 10.6 Å². The molecule has 1 aliphatic heterocycles. The minimum Gasteiger partial charge on any atom is -0.361 e. The van der Waals surface area contributed by atoms with E-state index in [9.17, 15) is 9.59 Å². The Morgan fingerprint density at radius 2 is 1.88 bits per heavy atom. The van der Waals surface area contributed by atoms with Crippen molar-refractivity contribution in [1.29, 1.82) is 0 Å². The van der Waals surface area contributed by atoms with Crippen LogP contribution in [0.5, 0.6) is 0 Å². The van der Waals surface area contributed by atoms with Gasteiger partial charge >= 0.3 is 0 Å². The van der Waals surface area contributed by atoms with Gasteiger partial charge in [0.1, 0.15) is 6.04 Å². The summed E-state index contributed by atoms with van der Waals surface area (Å²) in [5.74, 6) is 0.936. The lowest BCUT2D eigenvalue weighted by atomic mass is 9.88. The molecule has 3 aromatic rings. The number of rotatable bonds is 8. The van der Waals surface area contributed by atoms with E-state index in [4.69, 9.17) is 0 Å². The van der Waals surface area contributed by atoms with Crippen LogP contribution in [0.2, 0.25) is 0 Å². The van der Waals surface area contributed by atoms with E-state index in [2.05, 4.69) is 48.2 Å². The number of hydrogen-bond acceptors (Lipinski definition) is 4. The molecule has 1 fully saturated rings. The highest BCUT2D eigenvalue weighted by Gasteiger charge is 2.34. The number of thiophene rings is 1. The maximum atomic E-state index is 13.4. The first kappa shape index (κ1) is 24.5. The second kappa shape index (κ2) is 10.3. The monoisotopic (exact) mass is 480 g/mol. The first-order valence-corrected chi connectivity index (χ1v) is 13.0. The number of hydrogen-bond donors (Lipinski definition) is 3. The highest BCUT2D eigenvalue weighted by molar-refractivity contribution is 7.12. The van der Waals surface area contributed by atoms with Crippen LogP contribution in [0.15, 0.2) is 48.0 Å². The summed E-state index contributed by atoms with van der Waals surface area (Å²) in [5, 5.41) is 9.08. The summed E-state index contributed by atoms with van der Waals surface area (Å²) in [6, 6.07) is 11.0. The van der Waals surface area contributed by atoms with Crippen molar-refractivity contribution in [2.24, 2.45) is 11.8 Å². The van der Waals surface area contributed by atoms with Crippen LogP contribution in [0.1, 0.15) is 49.4 Å². The number of nitrogens with one attached hydrogen (secondary N) is 3. The Morgan fingerprint density at radius 1 is 1.15 bits per heavy atom. The number of aromatic nitrogens is 1. The number of aromatic amines is 1. The largest absolute Gasteiger partial charge is 0.361 e. The predicted molar refractivity (Wildman–Crippen MR) is 139 cm³/mol. The molecule has 0 unspecified atom stereocenters. The number of amides is 2. The zero-order chi connectivity index (χ0) is 24.3. The average Bonchev–Trinajstić information content (AvgIpc) is 3.47. The third-order valence-electron chi connectivity index (χ3n) is 6.89. The maximum Gasteiger partial charge on any atom is 0.262 e. The van der Waals surface area contributed by atoms with Gasteiger partial charge in [-0.3, -0.25) is 14.5 Å². The Hall–Kier alpha value is -2.64. The van der Waals surface area contributed by atoms with Crippen LogP contribution >= 0.6 is 11.3 Å². The smallest absolute Gasteiger partial charge is 0.262 e. The molecule has 3 atom stereocenters. The number of likely N-dealkylation sites (tertiary alicyclic amines) is 1. The Labute approximate surface area is 206 Å². The molecule has 3 heterocycles. The molecule has 0 bridgehead atoms. The highest BCUT2D eigenvalue weighted by atomic mass is 32.1. The SMILES string of the molecule is C[C@@H]1C[C@@H](C)CN(C(C)(C)CNC(=O)[C@@H](Cc2c[nH]c3ccccc23)NC(=O)c2cccs2)C1. The quantitative estimate of drug-likeness (QED) is 0.446. The molecule has 2 amide bonds. The fraction of sp³-hybridized carbons (Fsp3) is 0.481. The fourth-order valence-electron chi connectivity index (χ4n) is 5.06. The van der Waals surface area contributed by atoms with Gasteiger partial charge in [0, 0.05) is 48.7 Å². The summed E-state index contributed by atoms with van der Waals surface area (Å²) < 4.78 is 0. The second-order valence-corrected chi connectivity index (χ2v) is 11.4. The van der Waals surface area contributed by atoms with E-state index in [1.165, 1.54) is 17.8 Å². The van der Waals surface area contributed by atoms with E-state index in [0.29, 0.717) is 29.7 Å². The van der Waals surface area contributed by atoms with Gasteiger partial charge in [0.25, 0.3) is 5.91 Å². The van der Waals surface area contributed by atoms with Crippen molar-refractivity contribution in [1.82, 2.24) is 20.5 Å². The van der Waals surface area contributed by atoms with E-state index in [-0.39, 0.29) is 17.4 Å². The van der Waals surface area contributed by atoms with E-state index in [0.717, 1.165) is 29.6 Å². The van der Waals surface area contributed by atoms with E-state index in [1.807, 2.05) is 41.9 Å². The number of carbonyl (C=O) groups is 2. The van der Waals surface area contributed by atoms with Crippen LogP contribution in [-0.2, 0) is 11.2 Å². The molecule has 182 valence electrons. The van der Waals surface area contributed by atoms with Crippen molar-refractivity contribution in [3.8, 4) is 0 Å². The van der Waals surface area contributed by atoms with E-state index < -0.39 is 6.04 Å². The molecular formula is C27H36N4O2S. The number of H-pyrrole nitrogens is 1. The average molecular weight is 481 g/mol. The number of fused-ring (bicyclic) bond motifs is 1. The van der Waals surface area contributed by atoms with E-state index in [1.54, 1.807) is 6.07 Å². The molecule has 0 saturated carbocycles. The number of carbonyl (C=O) groups excluding carboxylic acids is 2. The van der Waals surface area contributed by atoms with Crippen molar-refractivity contribution in [2.45, 2.75) is 52.1 Å². The van der Waals surface area contributed by atoms with Crippen molar-refractivity contribution >= 4 is 34.1 Å². The van der Waals surface area contributed by atoms with Gasteiger partial charge in [-0.25, -0.2) is 0 Å². The molecule has 2 aromatic heterocycles. The van der Waals surface area contributed by atoms with Crippen molar-refractivity contribution < 1.29 is 9.59 Å². The van der Waals surface area contributed by atoms with Gasteiger partial charge in [0.05, 0.1) is 4.88 Å². The lowest BCUT2D eigenvalue weighted by Gasteiger charge is -2.45. The normalized spacial score (nSPS) is 20.2. The van der Waals surface area contributed by atoms with Gasteiger partial charge in [-0.15, -0.1) is 11.3 Å². The molecule has 6 nitrogen and oxygen atoms in total. The summed E-state index contributed by atoms with van der Waals surface area (Å²) in [5.41, 5.74) is 1.87. The summed E-state index contributed by atoms with van der Waals surface area (Å²) in [4.78, 5) is 32.6. The van der Waals surface area contributed by atoms with Gasteiger partial charge in [0.15, 0.2) is 0 Å². The Morgan fingerprint density at radius 3 is 2.59 bits per heavy atom. The van der Waals surface area contributed by atoms with Crippen molar-refractivity contribution in [3.63, 3.8) is 0 Å².